The van der Waals surface area contributed by atoms with Crippen molar-refractivity contribution in [3.8, 4) is 11.5 Å². The molecule has 0 saturated heterocycles. The summed E-state index contributed by atoms with van der Waals surface area (Å²) in [6.07, 6.45) is 0.618. The molecule has 1 atom stereocenters. The Labute approximate surface area is 179 Å². The lowest BCUT2D eigenvalue weighted by Crippen LogP contribution is -2.41. The van der Waals surface area contributed by atoms with E-state index in [0.29, 0.717) is 29.5 Å². The van der Waals surface area contributed by atoms with Gasteiger partial charge in [0.2, 0.25) is 0 Å². The van der Waals surface area contributed by atoms with Crippen LogP contribution in [0.2, 0.25) is 5.02 Å². The average Bonchev–Trinajstić information content (AvgIpc) is 2.77. The Balaban J connectivity index is 1.88. The molecule has 30 heavy (non-hydrogen) atoms. The molecule has 4 nitrogen and oxygen atoms in total. The van der Waals surface area contributed by atoms with Crippen molar-refractivity contribution in [2.75, 3.05) is 20.8 Å². The Morgan fingerprint density at radius 1 is 1.03 bits per heavy atom. The smallest absolute Gasteiger partial charge is 0.257 e. The van der Waals surface area contributed by atoms with Crippen LogP contribution in [0, 0.1) is 5.82 Å². The van der Waals surface area contributed by atoms with Gasteiger partial charge in [-0.15, -0.1) is 0 Å². The zero-order valence-corrected chi connectivity index (χ0v) is 17.4. The van der Waals surface area contributed by atoms with Gasteiger partial charge in [-0.05, 0) is 59.5 Å². The van der Waals surface area contributed by atoms with Gasteiger partial charge in [0.05, 0.1) is 25.8 Å². The second-order valence-corrected chi connectivity index (χ2v) is 7.53. The van der Waals surface area contributed by atoms with Gasteiger partial charge in [0.1, 0.15) is 5.82 Å². The molecule has 1 aliphatic rings. The third-order valence-corrected chi connectivity index (χ3v) is 5.64. The van der Waals surface area contributed by atoms with Crippen molar-refractivity contribution in [3.63, 3.8) is 0 Å². The molecule has 0 saturated carbocycles. The van der Waals surface area contributed by atoms with E-state index in [4.69, 9.17) is 21.1 Å². The summed E-state index contributed by atoms with van der Waals surface area (Å²) in [5.41, 5.74) is 2.86. The molecule has 0 unspecified atom stereocenters. The standard InChI is InChI=1S/C24H21ClFNO3/c1-29-21-13-15-10-11-27(24(28)18-8-3-4-9-20(18)26)23(19(15)14-22(21)30-2)16-6-5-7-17(25)12-16/h3-9,12-14,23H,10-11H2,1-2H3/t23-/m0/s1. The van der Waals surface area contributed by atoms with Crippen LogP contribution in [0.5, 0.6) is 11.5 Å². The first-order valence-electron chi connectivity index (χ1n) is 9.59. The maximum Gasteiger partial charge on any atom is 0.257 e. The number of carbonyl (C=O) groups excluding carboxylic acids is 1. The molecule has 0 spiro atoms. The van der Waals surface area contributed by atoms with E-state index in [-0.39, 0.29) is 11.5 Å². The topological polar surface area (TPSA) is 38.8 Å². The zero-order valence-electron chi connectivity index (χ0n) is 16.7. The molecule has 1 aliphatic heterocycles. The highest BCUT2D eigenvalue weighted by Crippen LogP contribution is 2.42. The van der Waals surface area contributed by atoms with Crippen molar-refractivity contribution in [2.24, 2.45) is 0 Å². The molecular weight excluding hydrogens is 405 g/mol. The van der Waals surface area contributed by atoms with Gasteiger partial charge in [-0.2, -0.15) is 0 Å². The number of hydrogen-bond acceptors (Lipinski definition) is 3. The van der Waals surface area contributed by atoms with Crippen LogP contribution in [-0.2, 0) is 6.42 Å². The summed E-state index contributed by atoms with van der Waals surface area (Å²) in [7, 11) is 3.17. The van der Waals surface area contributed by atoms with Crippen LogP contribution < -0.4 is 9.47 Å². The summed E-state index contributed by atoms with van der Waals surface area (Å²) in [4.78, 5) is 15.1. The van der Waals surface area contributed by atoms with E-state index >= 15 is 0 Å². The lowest BCUT2D eigenvalue weighted by molar-refractivity contribution is 0.0689. The summed E-state index contributed by atoms with van der Waals surface area (Å²) in [5, 5.41) is 0.568. The third kappa shape index (κ3) is 3.61. The Morgan fingerprint density at radius 3 is 2.47 bits per heavy atom. The fourth-order valence-corrected chi connectivity index (χ4v) is 4.19. The normalized spacial score (nSPS) is 15.5. The Hall–Kier alpha value is -3.05. The molecule has 0 bridgehead atoms. The van der Waals surface area contributed by atoms with E-state index in [2.05, 4.69) is 0 Å². The Kier molecular flexibility index (Phi) is 5.64. The molecule has 0 radical (unpaired) electrons. The van der Waals surface area contributed by atoms with Crippen LogP contribution in [0.3, 0.4) is 0 Å². The number of ether oxygens (including phenoxy) is 2. The number of carbonyl (C=O) groups is 1. The summed E-state index contributed by atoms with van der Waals surface area (Å²) in [5.74, 6) is 0.308. The van der Waals surface area contributed by atoms with Crippen LogP contribution in [0.15, 0.2) is 60.7 Å². The molecule has 0 fully saturated rings. The molecule has 1 heterocycles. The number of rotatable bonds is 4. The number of amides is 1. The van der Waals surface area contributed by atoms with Gasteiger partial charge in [-0.1, -0.05) is 35.9 Å². The first-order valence-corrected chi connectivity index (χ1v) is 9.97. The largest absolute Gasteiger partial charge is 0.493 e. The van der Waals surface area contributed by atoms with Crippen LogP contribution in [0.25, 0.3) is 0 Å². The van der Waals surface area contributed by atoms with Crippen molar-refractivity contribution in [3.05, 3.63) is 93.8 Å². The van der Waals surface area contributed by atoms with Gasteiger partial charge in [0.15, 0.2) is 11.5 Å². The highest BCUT2D eigenvalue weighted by Gasteiger charge is 2.34. The molecule has 6 heteroatoms. The van der Waals surface area contributed by atoms with Gasteiger partial charge in [-0.3, -0.25) is 4.79 Å². The van der Waals surface area contributed by atoms with Crippen LogP contribution >= 0.6 is 11.6 Å². The third-order valence-electron chi connectivity index (χ3n) is 5.40. The maximum absolute atomic E-state index is 14.4. The highest BCUT2D eigenvalue weighted by molar-refractivity contribution is 6.30. The Bertz CT molecular complexity index is 1100. The number of hydrogen-bond donors (Lipinski definition) is 0. The molecule has 0 aliphatic carbocycles. The van der Waals surface area contributed by atoms with E-state index < -0.39 is 11.9 Å². The van der Waals surface area contributed by atoms with E-state index in [1.165, 1.54) is 12.1 Å². The first-order chi connectivity index (χ1) is 14.5. The lowest BCUT2D eigenvalue weighted by Gasteiger charge is -2.38. The van der Waals surface area contributed by atoms with E-state index in [9.17, 15) is 9.18 Å². The quantitative estimate of drug-likeness (QED) is 0.570. The molecule has 4 rings (SSSR count). The zero-order chi connectivity index (χ0) is 21.3. The second kappa shape index (κ2) is 8.36. The van der Waals surface area contributed by atoms with Crippen molar-refractivity contribution in [2.45, 2.75) is 12.5 Å². The molecule has 3 aromatic rings. The summed E-state index contributed by atoms with van der Waals surface area (Å²) in [6, 6.07) is 16.8. The molecular formula is C24H21ClFNO3. The first kappa shape index (κ1) is 20.2. The summed E-state index contributed by atoms with van der Waals surface area (Å²) in [6.45, 7) is 0.437. The number of halogens is 2. The van der Waals surface area contributed by atoms with E-state index in [0.717, 1.165) is 16.7 Å². The van der Waals surface area contributed by atoms with Gasteiger partial charge >= 0.3 is 0 Å². The van der Waals surface area contributed by atoms with Gasteiger partial charge in [0.25, 0.3) is 5.91 Å². The predicted octanol–water partition coefficient (Wildman–Crippen LogP) is 5.28. The molecule has 154 valence electrons. The number of nitrogens with zero attached hydrogens (tertiary/aromatic N) is 1. The van der Waals surface area contributed by atoms with Crippen LogP contribution in [-0.4, -0.2) is 31.6 Å². The minimum atomic E-state index is -0.537. The van der Waals surface area contributed by atoms with E-state index in [1.807, 2.05) is 30.3 Å². The number of fused-ring (bicyclic) bond motifs is 1. The minimum Gasteiger partial charge on any atom is -0.493 e. The summed E-state index contributed by atoms with van der Waals surface area (Å²) >= 11 is 6.26. The minimum absolute atomic E-state index is 0.0495. The average molecular weight is 426 g/mol. The molecule has 3 aromatic carbocycles. The van der Waals surface area contributed by atoms with Crippen molar-refractivity contribution >= 4 is 17.5 Å². The fraction of sp³-hybridized carbons (Fsp3) is 0.208. The summed E-state index contributed by atoms with van der Waals surface area (Å²) < 4.78 is 25.3. The van der Waals surface area contributed by atoms with Gasteiger partial charge in [-0.25, -0.2) is 4.39 Å². The predicted molar refractivity (Wildman–Crippen MR) is 114 cm³/mol. The number of benzene rings is 3. The molecule has 0 N–H and O–H groups in total. The van der Waals surface area contributed by atoms with Crippen molar-refractivity contribution in [1.82, 2.24) is 4.90 Å². The van der Waals surface area contributed by atoms with Crippen LogP contribution in [0.1, 0.15) is 33.1 Å². The van der Waals surface area contributed by atoms with E-state index in [1.54, 1.807) is 37.3 Å². The molecule has 0 aromatic heterocycles. The SMILES string of the molecule is COc1cc2c(cc1OC)[C@H](c1cccc(Cl)c1)N(C(=O)c1ccccc1F)CC2. The lowest BCUT2D eigenvalue weighted by atomic mass is 9.87. The highest BCUT2D eigenvalue weighted by atomic mass is 35.5. The van der Waals surface area contributed by atoms with Crippen LogP contribution in [0.4, 0.5) is 4.39 Å². The maximum atomic E-state index is 14.4. The fourth-order valence-electron chi connectivity index (χ4n) is 3.99. The van der Waals surface area contributed by atoms with Crippen molar-refractivity contribution < 1.29 is 18.7 Å². The monoisotopic (exact) mass is 425 g/mol. The molecule has 1 amide bonds. The van der Waals surface area contributed by atoms with Gasteiger partial charge < -0.3 is 14.4 Å². The van der Waals surface area contributed by atoms with Crippen molar-refractivity contribution in [1.29, 1.82) is 0 Å². The number of methoxy groups -OCH3 is 2. The van der Waals surface area contributed by atoms with Gasteiger partial charge in [0, 0.05) is 11.6 Å². The Morgan fingerprint density at radius 2 is 1.77 bits per heavy atom. The second-order valence-electron chi connectivity index (χ2n) is 7.09.